The van der Waals surface area contributed by atoms with Crippen molar-refractivity contribution in [3.63, 3.8) is 0 Å². The molecule has 1 aromatic carbocycles. The van der Waals surface area contributed by atoms with Crippen LogP contribution in [-0.4, -0.2) is 22.1 Å². The Morgan fingerprint density at radius 2 is 2.05 bits per heavy atom. The molecule has 0 saturated carbocycles. The van der Waals surface area contributed by atoms with E-state index in [4.69, 9.17) is 11.7 Å². The zero-order valence-corrected chi connectivity index (χ0v) is 12.7. The first kappa shape index (κ1) is 15.9. The number of halogens is 1. The van der Waals surface area contributed by atoms with Gasteiger partial charge in [0.25, 0.3) is 5.91 Å². The van der Waals surface area contributed by atoms with Crippen molar-refractivity contribution in [3.8, 4) is 11.3 Å². The van der Waals surface area contributed by atoms with Crippen molar-refractivity contribution in [1.29, 1.82) is 0 Å². The molecule has 1 amide bonds. The number of benzene rings is 1. The summed E-state index contributed by atoms with van der Waals surface area (Å²) >= 11 is 0. The summed E-state index contributed by atoms with van der Waals surface area (Å²) in [6.07, 6.45) is 0. The standard InChI is InChI=1S/C11H13N7O.HI.3H2/c12-15-11(16-13)14-10(19)9-6-8(17-18-9)7-4-2-1-3-5-7;;;;/h1-6H,12-13H2,(H,17,18)(H2,14,15,16,19);4*1H. The van der Waals surface area contributed by atoms with Crippen molar-refractivity contribution in [2.75, 3.05) is 0 Å². The van der Waals surface area contributed by atoms with Crippen molar-refractivity contribution in [3.05, 3.63) is 42.1 Å². The quantitative estimate of drug-likeness (QED) is 0.170. The molecule has 112 valence electrons. The average Bonchev–Trinajstić information content (AvgIpc) is 2.95. The van der Waals surface area contributed by atoms with E-state index in [2.05, 4.69) is 26.0 Å². The van der Waals surface area contributed by atoms with Gasteiger partial charge in [-0.25, -0.2) is 5.84 Å². The van der Waals surface area contributed by atoms with E-state index in [1.54, 1.807) is 6.07 Å². The third kappa shape index (κ3) is 3.68. The number of hydrogen-bond acceptors (Lipinski definition) is 5. The van der Waals surface area contributed by atoms with Crippen LogP contribution in [0.5, 0.6) is 0 Å². The first-order valence-corrected chi connectivity index (χ1v) is 5.41. The number of nitrogens with one attached hydrogen (secondary N) is 3. The molecule has 2 aromatic rings. The lowest BCUT2D eigenvalue weighted by molar-refractivity contribution is 0.0971. The zero-order chi connectivity index (χ0) is 13.7. The summed E-state index contributed by atoms with van der Waals surface area (Å²) < 4.78 is 0. The predicted molar refractivity (Wildman–Crippen MR) is 92.2 cm³/mol. The largest absolute Gasteiger partial charge is 0.320 e. The van der Waals surface area contributed by atoms with Crippen LogP contribution in [0.1, 0.15) is 14.8 Å². The van der Waals surface area contributed by atoms with Crippen LogP contribution in [0.3, 0.4) is 0 Å². The second-order valence-corrected chi connectivity index (χ2v) is 3.61. The Bertz CT molecular complexity index is 609. The minimum atomic E-state index is -0.447. The van der Waals surface area contributed by atoms with Gasteiger partial charge in [0, 0.05) is 9.84 Å². The van der Waals surface area contributed by atoms with Gasteiger partial charge in [0.1, 0.15) is 5.69 Å². The van der Waals surface area contributed by atoms with Crippen molar-refractivity contribution >= 4 is 35.8 Å². The highest BCUT2D eigenvalue weighted by atomic mass is 127. The predicted octanol–water partition coefficient (Wildman–Crippen LogP) is 0.855. The molecule has 0 spiro atoms. The summed E-state index contributed by atoms with van der Waals surface area (Å²) in [5.74, 6) is 9.63. The summed E-state index contributed by atoms with van der Waals surface area (Å²) in [5, 5.41) is 12.3. The Hall–Kier alpha value is -2.14. The van der Waals surface area contributed by atoms with Crippen LogP contribution in [0, 0.1) is 0 Å². The van der Waals surface area contributed by atoms with Gasteiger partial charge in [-0.15, -0.1) is 29.1 Å². The lowest BCUT2D eigenvalue weighted by atomic mass is 10.1. The fourth-order valence-corrected chi connectivity index (χ4v) is 1.48. The Labute approximate surface area is 136 Å². The molecule has 0 atom stereocenters. The van der Waals surface area contributed by atoms with E-state index in [1.807, 2.05) is 30.3 Å². The normalized spacial score (nSPS) is 10.6. The molecule has 0 unspecified atom stereocenters. The number of H-pyrrole nitrogens is 1. The number of hydrazone groups is 1. The highest BCUT2D eigenvalue weighted by molar-refractivity contribution is 14.0. The highest BCUT2D eigenvalue weighted by Crippen LogP contribution is 2.16. The van der Waals surface area contributed by atoms with E-state index in [0.29, 0.717) is 5.69 Å². The van der Waals surface area contributed by atoms with Crippen LogP contribution in [0.2, 0.25) is 0 Å². The van der Waals surface area contributed by atoms with Gasteiger partial charge in [0.15, 0.2) is 0 Å². The Morgan fingerprint density at radius 3 is 2.65 bits per heavy atom. The maximum atomic E-state index is 11.8. The molecule has 2 rings (SSSR count). The molecule has 9 heteroatoms. The van der Waals surface area contributed by atoms with E-state index < -0.39 is 5.91 Å². The lowest BCUT2D eigenvalue weighted by Crippen LogP contribution is -2.45. The second-order valence-electron chi connectivity index (χ2n) is 3.61. The summed E-state index contributed by atoms with van der Waals surface area (Å²) in [7, 11) is 0. The van der Waals surface area contributed by atoms with Crippen LogP contribution < -0.4 is 22.4 Å². The molecule has 0 fully saturated rings. The van der Waals surface area contributed by atoms with Gasteiger partial charge < -0.3 is 5.84 Å². The molecule has 0 bridgehead atoms. The van der Waals surface area contributed by atoms with Crippen LogP contribution >= 0.6 is 24.0 Å². The van der Waals surface area contributed by atoms with Crippen LogP contribution in [0.25, 0.3) is 11.3 Å². The van der Waals surface area contributed by atoms with Crippen molar-refractivity contribution in [2.45, 2.75) is 0 Å². The first-order chi connectivity index (χ1) is 9.24. The van der Waals surface area contributed by atoms with Gasteiger partial charge >= 0.3 is 0 Å². The van der Waals surface area contributed by atoms with E-state index >= 15 is 0 Å². The summed E-state index contributed by atoms with van der Waals surface area (Å²) in [4.78, 5) is 11.8. The SMILES string of the molecule is I.N/N=C(\NN)NC(=O)c1cc(-c2ccccc2)n[nH]1.[HH].[HH].[HH]. The van der Waals surface area contributed by atoms with E-state index in [1.165, 1.54) is 0 Å². The number of guanidine groups is 1. The highest BCUT2D eigenvalue weighted by Gasteiger charge is 2.12. The monoisotopic (exact) mass is 393 g/mol. The van der Waals surface area contributed by atoms with E-state index in [9.17, 15) is 4.79 Å². The lowest BCUT2D eigenvalue weighted by Gasteiger charge is -2.03. The Balaban J connectivity index is -0.000001000. The van der Waals surface area contributed by atoms with Gasteiger partial charge in [-0.2, -0.15) is 5.10 Å². The van der Waals surface area contributed by atoms with E-state index in [0.717, 1.165) is 5.56 Å². The molecule has 8 nitrogen and oxygen atoms in total. The number of hydrazine groups is 1. The fourth-order valence-electron chi connectivity index (χ4n) is 1.48. The fraction of sp³-hybridized carbons (Fsp3) is 0. The Morgan fingerprint density at radius 1 is 1.35 bits per heavy atom. The smallest absolute Gasteiger partial charge is 0.276 e. The third-order valence-corrected chi connectivity index (χ3v) is 2.39. The van der Waals surface area contributed by atoms with Gasteiger partial charge in [0.2, 0.25) is 5.96 Å². The van der Waals surface area contributed by atoms with Crippen molar-refractivity contribution < 1.29 is 9.07 Å². The number of nitrogens with two attached hydrogens (primary N) is 2. The van der Waals surface area contributed by atoms with Crippen LogP contribution in [0.4, 0.5) is 0 Å². The third-order valence-electron chi connectivity index (χ3n) is 2.39. The van der Waals surface area contributed by atoms with Crippen LogP contribution in [-0.2, 0) is 0 Å². The topological polar surface area (TPSA) is 134 Å². The minimum Gasteiger partial charge on any atom is -0.320 e. The molecule has 20 heavy (non-hydrogen) atoms. The zero-order valence-electron chi connectivity index (χ0n) is 10.3. The maximum Gasteiger partial charge on any atom is 0.276 e. The maximum absolute atomic E-state index is 11.8. The molecule has 0 aliphatic carbocycles. The van der Waals surface area contributed by atoms with Gasteiger partial charge in [-0.1, -0.05) is 30.3 Å². The van der Waals surface area contributed by atoms with Gasteiger partial charge in [-0.3, -0.25) is 20.6 Å². The molecular formula is C11H20IN7O. The molecule has 0 saturated heterocycles. The molecule has 0 aliphatic heterocycles. The van der Waals surface area contributed by atoms with Crippen LogP contribution in [0.15, 0.2) is 41.5 Å². The minimum absolute atomic E-state index is 0. The summed E-state index contributed by atoms with van der Waals surface area (Å²) in [6.45, 7) is 0. The number of rotatable bonds is 2. The summed E-state index contributed by atoms with van der Waals surface area (Å²) in [5.41, 5.74) is 3.99. The molecule has 1 aromatic heterocycles. The van der Waals surface area contributed by atoms with Gasteiger partial charge in [0.05, 0.1) is 5.69 Å². The number of aromatic nitrogens is 2. The molecule has 7 N–H and O–H groups in total. The number of nitrogens with zero attached hydrogens (tertiary/aromatic N) is 2. The number of aromatic amines is 1. The summed E-state index contributed by atoms with van der Waals surface area (Å²) in [6, 6.07) is 11.1. The van der Waals surface area contributed by atoms with Crippen molar-refractivity contribution in [2.24, 2.45) is 16.8 Å². The molecule has 0 radical (unpaired) electrons. The number of carbonyl (C=O) groups is 1. The molecule has 0 aliphatic rings. The van der Waals surface area contributed by atoms with E-state index in [-0.39, 0.29) is 39.9 Å². The second kappa shape index (κ2) is 7.45. The average molecular weight is 393 g/mol. The number of hydrogen-bond donors (Lipinski definition) is 5. The number of amides is 1. The van der Waals surface area contributed by atoms with Crippen molar-refractivity contribution in [1.82, 2.24) is 20.9 Å². The Kier molecular flexibility index (Phi) is 5.93. The van der Waals surface area contributed by atoms with Gasteiger partial charge in [-0.05, 0) is 6.07 Å². The molecular weight excluding hydrogens is 373 g/mol. The number of carbonyl (C=O) groups excluding carboxylic acids is 1. The molecule has 1 heterocycles. The first-order valence-electron chi connectivity index (χ1n) is 5.41.